The monoisotopic (exact) mass is 430 g/mol. The summed E-state index contributed by atoms with van der Waals surface area (Å²) in [6, 6.07) is 8.30. The van der Waals surface area contributed by atoms with Crippen LogP contribution in [-0.2, 0) is 21.2 Å². The molecule has 1 N–H and O–H groups in total. The third-order valence-corrected chi connectivity index (χ3v) is 5.74. The lowest BCUT2D eigenvalue weighted by molar-refractivity contribution is -0.133. The van der Waals surface area contributed by atoms with E-state index in [1.54, 1.807) is 0 Å². The number of hydrogen-bond donors (Lipinski definition) is 1. The number of piperidine rings is 1. The van der Waals surface area contributed by atoms with Gasteiger partial charge in [-0.25, -0.2) is 13.1 Å². The average molecular weight is 431 g/mol. The van der Waals surface area contributed by atoms with E-state index in [-0.39, 0.29) is 11.8 Å². The van der Waals surface area contributed by atoms with E-state index < -0.39 is 10.0 Å². The van der Waals surface area contributed by atoms with Crippen LogP contribution >= 0.6 is 15.9 Å². The fourth-order valence-corrected chi connectivity index (χ4v) is 3.94. The molecule has 1 aromatic rings. The number of sulfonamides is 1. The van der Waals surface area contributed by atoms with E-state index in [2.05, 4.69) is 32.8 Å². The molecule has 1 aliphatic heterocycles. The Kier molecular flexibility index (Phi) is 7.90. The Balaban J connectivity index is 1.68. The van der Waals surface area contributed by atoms with Gasteiger partial charge in [-0.1, -0.05) is 28.1 Å². The lowest BCUT2D eigenvalue weighted by atomic mass is 9.97. The van der Waals surface area contributed by atoms with Crippen LogP contribution in [0.4, 0.5) is 0 Å². The van der Waals surface area contributed by atoms with Crippen LogP contribution in [0, 0.1) is 5.92 Å². The molecule has 0 radical (unpaired) electrons. The van der Waals surface area contributed by atoms with Crippen molar-refractivity contribution in [3.63, 3.8) is 0 Å². The van der Waals surface area contributed by atoms with Crippen LogP contribution in [0.15, 0.2) is 28.7 Å². The molecule has 1 aliphatic rings. The van der Waals surface area contributed by atoms with Gasteiger partial charge >= 0.3 is 0 Å². The molecule has 0 aromatic heterocycles. The smallest absolute Gasteiger partial charge is 0.222 e. The fraction of sp³-hybridized carbons (Fsp3) is 0.611. The second-order valence-corrected chi connectivity index (χ2v) is 9.55. The number of carbonyl (C=O) groups excluding carboxylic acids is 1. The quantitative estimate of drug-likeness (QED) is 0.644. The van der Waals surface area contributed by atoms with Gasteiger partial charge in [0.05, 0.1) is 6.26 Å². The Morgan fingerprint density at radius 2 is 2.00 bits per heavy atom. The molecule has 1 fully saturated rings. The van der Waals surface area contributed by atoms with Gasteiger partial charge in [-0.3, -0.25) is 4.79 Å². The van der Waals surface area contributed by atoms with Gasteiger partial charge in [-0.05, 0) is 55.7 Å². The van der Waals surface area contributed by atoms with E-state index >= 15 is 0 Å². The van der Waals surface area contributed by atoms with Crippen molar-refractivity contribution in [1.82, 2.24) is 9.62 Å². The molecule has 5 nitrogen and oxygen atoms in total. The summed E-state index contributed by atoms with van der Waals surface area (Å²) < 4.78 is 26.0. The number of carbonyl (C=O) groups is 1. The van der Waals surface area contributed by atoms with Crippen LogP contribution in [0.3, 0.4) is 0 Å². The molecule has 7 heteroatoms. The van der Waals surface area contributed by atoms with Crippen molar-refractivity contribution >= 4 is 31.9 Å². The zero-order valence-electron chi connectivity index (χ0n) is 14.7. The molecule has 25 heavy (non-hydrogen) atoms. The minimum atomic E-state index is -3.16. The normalized spacial score (nSPS) is 18.3. The van der Waals surface area contributed by atoms with Crippen LogP contribution in [0.2, 0.25) is 0 Å². The maximum atomic E-state index is 12.4. The molecule has 1 unspecified atom stereocenters. The molecule has 1 atom stereocenters. The first-order valence-electron chi connectivity index (χ1n) is 8.80. The zero-order chi connectivity index (χ0) is 18.3. The summed E-state index contributed by atoms with van der Waals surface area (Å²) in [5, 5.41) is 0. The second-order valence-electron chi connectivity index (χ2n) is 6.80. The molecule has 140 valence electrons. The number of amides is 1. The van der Waals surface area contributed by atoms with E-state index in [0.717, 1.165) is 43.1 Å². The highest BCUT2D eigenvalue weighted by Crippen LogP contribution is 2.18. The molecule has 1 saturated heterocycles. The van der Waals surface area contributed by atoms with Crippen molar-refractivity contribution in [3.8, 4) is 0 Å². The number of benzene rings is 1. The first-order valence-corrected chi connectivity index (χ1v) is 11.5. The highest BCUT2D eigenvalue weighted by atomic mass is 79.9. The number of likely N-dealkylation sites (tertiary alicyclic amines) is 1. The Hall–Kier alpha value is -0.920. The molecule has 2 rings (SSSR count). The van der Waals surface area contributed by atoms with Crippen LogP contribution in [0.5, 0.6) is 0 Å². The second kappa shape index (κ2) is 9.69. The summed E-state index contributed by atoms with van der Waals surface area (Å²) in [5.74, 6) is 0.412. The van der Waals surface area contributed by atoms with Gasteiger partial charge in [-0.2, -0.15) is 0 Å². The summed E-state index contributed by atoms with van der Waals surface area (Å²) in [6.07, 6.45) is 6.53. The Morgan fingerprint density at radius 1 is 1.28 bits per heavy atom. The van der Waals surface area contributed by atoms with Crippen LogP contribution in [-0.4, -0.2) is 45.1 Å². The summed E-state index contributed by atoms with van der Waals surface area (Å²) in [5.41, 5.74) is 1.29. The van der Waals surface area contributed by atoms with Gasteiger partial charge < -0.3 is 4.90 Å². The molecule has 1 heterocycles. The average Bonchev–Trinajstić information content (AvgIpc) is 2.58. The largest absolute Gasteiger partial charge is 0.342 e. The molecule has 0 aliphatic carbocycles. The van der Waals surface area contributed by atoms with Crippen molar-refractivity contribution < 1.29 is 13.2 Å². The molecule has 1 aromatic carbocycles. The molecule has 0 saturated carbocycles. The molecule has 1 amide bonds. The molecular weight excluding hydrogens is 404 g/mol. The van der Waals surface area contributed by atoms with E-state index in [4.69, 9.17) is 0 Å². The third-order valence-electron chi connectivity index (χ3n) is 4.53. The van der Waals surface area contributed by atoms with Gasteiger partial charge in [0.1, 0.15) is 0 Å². The lowest BCUT2D eigenvalue weighted by Gasteiger charge is -2.33. The first-order chi connectivity index (χ1) is 11.8. The van der Waals surface area contributed by atoms with E-state index in [9.17, 15) is 13.2 Å². The standard InChI is InChI=1S/C18H27BrN2O3S/c1-25(23,24)20-13-16-6-4-12-21(14-16)18(22)7-3-2-5-15-8-10-17(19)11-9-15/h8-11,16,20H,2-7,12-14H2,1H3. The van der Waals surface area contributed by atoms with Gasteiger partial charge in [0.15, 0.2) is 0 Å². The third kappa shape index (κ3) is 7.88. The minimum absolute atomic E-state index is 0.194. The Labute approximate surface area is 159 Å². The first kappa shape index (κ1) is 20.4. The number of hydrogen-bond acceptors (Lipinski definition) is 3. The van der Waals surface area contributed by atoms with Crippen molar-refractivity contribution in [3.05, 3.63) is 34.3 Å². The fourth-order valence-electron chi connectivity index (χ4n) is 3.14. The van der Waals surface area contributed by atoms with Crippen LogP contribution in [0.1, 0.15) is 37.7 Å². The number of nitrogens with zero attached hydrogens (tertiary/aromatic N) is 1. The summed E-state index contributed by atoms with van der Waals surface area (Å²) in [4.78, 5) is 14.3. The highest BCUT2D eigenvalue weighted by molar-refractivity contribution is 9.10. The molecule has 0 bridgehead atoms. The number of nitrogens with one attached hydrogen (secondary N) is 1. The van der Waals surface area contributed by atoms with E-state index in [1.165, 1.54) is 11.8 Å². The zero-order valence-corrected chi connectivity index (χ0v) is 17.1. The van der Waals surface area contributed by atoms with Crippen molar-refractivity contribution in [2.45, 2.75) is 38.5 Å². The predicted molar refractivity (Wildman–Crippen MR) is 104 cm³/mol. The number of aryl methyl sites for hydroxylation is 1. The SMILES string of the molecule is CS(=O)(=O)NCC1CCCN(C(=O)CCCCc2ccc(Br)cc2)C1. The highest BCUT2D eigenvalue weighted by Gasteiger charge is 2.23. The van der Waals surface area contributed by atoms with Gasteiger partial charge in [0.2, 0.25) is 15.9 Å². The van der Waals surface area contributed by atoms with Gasteiger partial charge in [0, 0.05) is 30.5 Å². The maximum absolute atomic E-state index is 12.4. The van der Waals surface area contributed by atoms with Gasteiger partial charge in [0.25, 0.3) is 0 Å². The van der Waals surface area contributed by atoms with Crippen molar-refractivity contribution in [1.29, 1.82) is 0 Å². The summed E-state index contributed by atoms with van der Waals surface area (Å²) in [7, 11) is -3.16. The summed E-state index contributed by atoms with van der Waals surface area (Å²) >= 11 is 3.43. The maximum Gasteiger partial charge on any atom is 0.222 e. The predicted octanol–water partition coefficient (Wildman–Crippen LogP) is 2.95. The topological polar surface area (TPSA) is 66.5 Å². The number of rotatable bonds is 8. The number of halogens is 1. The van der Waals surface area contributed by atoms with Crippen LogP contribution in [0.25, 0.3) is 0 Å². The van der Waals surface area contributed by atoms with E-state index in [1.807, 2.05) is 17.0 Å². The Bertz CT molecular complexity index is 661. The lowest BCUT2D eigenvalue weighted by Crippen LogP contribution is -2.43. The van der Waals surface area contributed by atoms with Crippen molar-refractivity contribution in [2.75, 3.05) is 25.9 Å². The molecular formula is C18H27BrN2O3S. The minimum Gasteiger partial charge on any atom is -0.342 e. The Morgan fingerprint density at radius 3 is 2.68 bits per heavy atom. The van der Waals surface area contributed by atoms with E-state index in [0.29, 0.717) is 19.5 Å². The molecule has 0 spiro atoms. The van der Waals surface area contributed by atoms with Gasteiger partial charge in [-0.15, -0.1) is 0 Å². The summed E-state index contributed by atoms with van der Waals surface area (Å²) in [6.45, 7) is 1.88. The van der Waals surface area contributed by atoms with Crippen molar-refractivity contribution in [2.24, 2.45) is 5.92 Å². The number of unbranched alkanes of at least 4 members (excludes halogenated alkanes) is 1. The van der Waals surface area contributed by atoms with Crippen LogP contribution < -0.4 is 4.72 Å².